The lowest BCUT2D eigenvalue weighted by Gasteiger charge is -1.97. The van der Waals surface area contributed by atoms with Crippen molar-refractivity contribution in [3.05, 3.63) is 75.9 Å². The largest absolute Gasteiger partial charge is 0.504 e. The summed E-state index contributed by atoms with van der Waals surface area (Å²) >= 11 is 0. The molecule has 2 N–H and O–H groups in total. The minimum atomic E-state index is -0.440. The lowest BCUT2D eigenvalue weighted by atomic mass is 10.1. The molecule has 5 heteroatoms. The smallest absolute Gasteiger partial charge is 0.269 e. The first-order valence-corrected chi connectivity index (χ1v) is 6.17. The van der Waals surface area contributed by atoms with Crippen molar-refractivity contribution in [2.45, 2.75) is 0 Å². The summed E-state index contributed by atoms with van der Waals surface area (Å²) < 4.78 is 0. The van der Waals surface area contributed by atoms with Crippen LogP contribution in [0.4, 0.5) is 5.69 Å². The first-order valence-electron chi connectivity index (χ1n) is 6.17. The van der Waals surface area contributed by atoms with Crippen molar-refractivity contribution in [1.82, 2.24) is 0 Å². The highest BCUT2D eigenvalue weighted by Gasteiger charge is 2.01. The molecular formula is C16H13NO4. The average Bonchev–Trinajstić information content (AvgIpc) is 2.47. The molecule has 0 unspecified atom stereocenters. The first-order chi connectivity index (χ1) is 10.1. The molecule has 0 atom stereocenters. The van der Waals surface area contributed by atoms with E-state index in [1.165, 1.54) is 24.3 Å². The molecule has 0 aliphatic rings. The normalized spacial score (nSPS) is 11.2. The number of nitro benzene ring substituents is 1. The van der Waals surface area contributed by atoms with Crippen LogP contribution in [-0.4, -0.2) is 15.1 Å². The molecule has 0 saturated heterocycles. The highest BCUT2D eigenvalue weighted by Crippen LogP contribution is 2.25. The standard InChI is InChI=1S/C16H13NO4/c18-15-10-7-13(11-16(15)19)4-2-1-3-12-5-8-14(9-6-12)17(20)21/h1-11,18-19H. The molecule has 0 aliphatic carbocycles. The van der Waals surface area contributed by atoms with Gasteiger partial charge >= 0.3 is 0 Å². The zero-order valence-electron chi connectivity index (χ0n) is 11.0. The van der Waals surface area contributed by atoms with E-state index in [1.807, 2.05) is 0 Å². The molecule has 0 amide bonds. The molecule has 0 radical (unpaired) electrons. The van der Waals surface area contributed by atoms with E-state index in [2.05, 4.69) is 0 Å². The van der Waals surface area contributed by atoms with Gasteiger partial charge in [0.2, 0.25) is 0 Å². The zero-order valence-corrected chi connectivity index (χ0v) is 11.0. The van der Waals surface area contributed by atoms with Gasteiger partial charge in [-0.25, -0.2) is 0 Å². The first kappa shape index (κ1) is 14.3. The van der Waals surface area contributed by atoms with E-state index in [9.17, 15) is 20.3 Å². The number of hydrogen-bond acceptors (Lipinski definition) is 4. The Hall–Kier alpha value is -3.08. The van der Waals surface area contributed by atoms with Crippen molar-refractivity contribution >= 4 is 17.8 Å². The van der Waals surface area contributed by atoms with Gasteiger partial charge in [-0.15, -0.1) is 0 Å². The van der Waals surface area contributed by atoms with Crippen LogP contribution >= 0.6 is 0 Å². The van der Waals surface area contributed by atoms with E-state index < -0.39 is 4.92 Å². The molecule has 0 fully saturated rings. The molecule has 0 bridgehead atoms. The minimum absolute atomic E-state index is 0.0576. The van der Waals surface area contributed by atoms with Gasteiger partial charge in [-0.05, 0) is 35.4 Å². The highest BCUT2D eigenvalue weighted by molar-refractivity contribution is 5.60. The summed E-state index contributed by atoms with van der Waals surface area (Å²) in [5.41, 5.74) is 1.65. The van der Waals surface area contributed by atoms with E-state index >= 15 is 0 Å². The third-order valence-corrected chi connectivity index (χ3v) is 2.79. The summed E-state index contributed by atoms with van der Waals surface area (Å²) in [6.45, 7) is 0. The Labute approximate surface area is 121 Å². The third kappa shape index (κ3) is 3.94. The van der Waals surface area contributed by atoms with Crippen molar-refractivity contribution in [2.24, 2.45) is 0 Å². The number of aromatic hydroxyl groups is 2. The fourth-order valence-corrected chi connectivity index (χ4v) is 1.68. The molecular weight excluding hydrogens is 270 g/mol. The second kappa shape index (κ2) is 6.38. The highest BCUT2D eigenvalue weighted by atomic mass is 16.6. The van der Waals surface area contributed by atoms with Crippen molar-refractivity contribution in [3.63, 3.8) is 0 Å². The summed E-state index contributed by atoms with van der Waals surface area (Å²) in [4.78, 5) is 10.1. The minimum Gasteiger partial charge on any atom is -0.504 e. The average molecular weight is 283 g/mol. The fourth-order valence-electron chi connectivity index (χ4n) is 1.68. The van der Waals surface area contributed by atoms with Gasteiger partial charge in [0.1, 0.15) is 0 Å². The molecule has 0 aliphatic heterocycles. The lowest BCUT2D eigenvalue weighted by molar-refractivity contribution is -0.384. The van der Waals surface area contributed by atoms with Crippen molar-refractivity contribution < 1.29 is 15.1 Å². The van der Waals surface area contributed by atoms with Crippen molar-refractivity contribution in [3.8, 4) is 11.5 Å². The monoisotopic (exact) mass is 283 g/mol. The maximum absolute atomic E-state index is 10.5. The van der Waals surface area contributed by atoms with Crippen LogP contribution < -0.4 is 0 Å². The molecule has 2 rings (SSSR count). The van der Waals surface area contributed by atoms with Gasteiger partial charge in [-0.2, -0.15) is 0 Å². The summed E-state index contributed by atoms with van der Waals surface area (Å²) in [5.74, 6) is -0.329. The number of nitro groups is 1. The van der Waals surface area contributed by atoms with E-state index in [0.29, 0.717) is 0 Å². The molecule has 0 spiro atoms. The summed E-state index contributed by atoms with van der Waals surface area (Å²) in [6, 6.07) is 10.7. The topological polar surface area (TPSA) is 83.6 Å². The number of non-ortho nitro benzene ring substituents is 1. The Morgan fingerprint density at radius 1 is 0.857 bits per heavy atom. The van der Waals surface area contributed by atoms with E-state index in [-0.39, 0.29) is 17.2 Å². The lowest BCUT2D eigenvalue weighted by Crippen LogP contribution is -1.86. The van der Waals surface area contributed by atoms with Gasteiger partial charge in [-0.1, -0.05) is 30.4 Å². The molecule has 2 aromatic rings. The number of rotatable bonds is 4. The van der Waals surface area contributed by atoms with Gasteiger partial charge < -0.3 is 10.2 Å². The van der Waals surface area contributed by atoms with Gasteiger partial charge in [0, 0.05) is 12.1 Å². The van der Waals surface area contributed by atoms with Crippen LogP contribution in [0.5, 0.6) is 11.5 Å². The number of phenols is 2. The number of hydrogen-bond donors (Lipinski definition) is 2. The summed E-state index contributed by atoms with van der Waals surface area (Å²) in [6.07, 6.45) is 7.12. The summed E-state index contributed by atoms with van der Waals surface area (Å²) in [5, 5.41) is 29.1. The van der Waals surface area contributed by atoms with Crippen LogP contribution in [0.2, 0.25) is 0 Å². The molecule has 0 aromatic heterocycles. The second-order valence-electron chi connectivity index (χ2n) is 4.32. The Morgan fingerprint density at radius 2 is 1.43 bits per heavy atom. The van der Waals surface area contributed by atoms with Gasteiger partial charge in [-0.3, -0.25) is 10.1 Å². The Balaban J connectivity index is 2.02. The molecule has 2 aromatic carbocycles. The molecule has 5 nitrogen and oxygen atoms in total. The number of benzene rings is 2. The number of nitrogens with zero attached hydrogens (tertiary/aromatic N) is 1. The third-order valence-electron chi connectivity index (χ3n) is 2.79. The number of phenolic OH excluding ortho intramolecular Hbond substituents is 2. The molecule has 0 saturated carbocycles. The van der Waals surface area contributed by atoms with Gasteiger partial charge in [0.05, 0.1) is 4.92 Å². The van der Waals surface area contributed by atoms with E-state index in [4.69, 9.17) is 0 Å². The van der Waals surface area contributed by atoms with Crippen LogP contribution in [-0.2, 0) is 0 Å². The van der Waals surface area contributed by atoms with E-state index in [1.54, 1.807) is 42.5 Å². The SMILES string of the molecule is O=[N+]([O-])c1ccc(C=CC=Cc2ccc(O)c(O)c2)cc1. The molecule has 0 heterocycles. The van der Waals surface area contributed by atoms with E-state index in [0.717, 1.165) is 11.1 Å². The van der Waals surface area contributed by atoms with Crippen LogP contribution in [0.25, 0.3) is 12.2 Å². The predicted octanol–water partition coefficient (Wildman–Crippen LogP) is 3.73. The van der Waals surface area contributed by atoms with Crippen LogP contribution in [0.3, 0.4) is 0 Å². The quantitative estimate of drug-likeness (QED) is 0.387. The Bertz CT molecular complexity index is 703. The van der Waals surface area contributed by atoms with Crippen molar-refractivity contribution in [1.29, 1.82) is 0 Å². The van der Waals surface area contributed by atoms with Gasteiger partial charge in [0.15, 0.2) is 11.5 Å². The number of allylic oxidation sites excluding steroid dienone is 2. The fraction of sp³-hybridized carbons (Fsp3) is 0. The molecule has 21 heavy (non-hydrogen) atoms. The van der Waals surface area contributed by atoms with Crippen LogP contribution in [0.1, 0.15) is 11.1 Å². The summed E-state index contributed by atoms with van der Waals surface area (Å²) in [7, 11) is 0. The predicted molar refractivity (Wildman–Crippen MR) is 80.9 cm³/mol. The maximum Gasteiger partial charge on any atom is 0.269 e. The molecule has 106 valence electrons. The van der Waals surface area contributed by atoms with Gasteiger partial charge in [0.25, 0.3) is 5.69 Å². The second-order valence-corrected chi connectivity index (χ2v) is 4.32. The van der Waals surface area contributed by atoms with Crippen LogP contribution in [0.15, 0.2) is 54.6 Å². The van der Waals surface area contributed by atoms with Crippen molar-refractivity contribution in [2.75, 3.05) is 0 Å². The zero-order chi connectivity index (χ0) is 15.2. The van der Waals surface area contributed by atoms with Crippen LogP contribution in [0, 0.1) is 10.1 Å². The Morgan fingerprint density at radius 3 is 2.00 bits per heavy atom. The maximum atomic E-state index is 10.5. The Kier molecular flexibility index (Phi) is 4.36.